The number of phenols is 2. The first-order valence-corrected chi connectivity index (χ1v) is 11.9. The molecule has 46 heavy (non-hydrogen) atoms. The number of aliphatic hydroxyl groups is 2. The van der Waals surface area contributed by atoms with E-state index in [9.17, 15) is 82.7 Å². The molecule has 0 saturated heterocycles. The summed E-state index contributed by atoms with van der Waals surface area (Å²) < 4.78 is 181. The summed E-state index contributed by atoms with van der Waals surface area (Å²) in [5.74, 6) is -22.3. The van der Waals surface area contributed by atoms with Gasteiger partial charge in [-0.3, -0.25) is 9.59 Å². The number of fused-ring (bicyclic) bond motifs is 4. The van der Waals surface area contributed by atoms with Crippen molar-refractivity contribution in [1.82, 2.24) is 0 Å². The second kappa shape index (κ2) is 12.0. The molecule has 0 radical (unpaired) electrons. The Balaban J connectivity index is 2.25. The molecule has 0 spiro atoms. The highest BCUT2D eigenvalue weighted by Gasteiger charge is 2.60. The van der Waals surface area contributed by atoms with Crippen LogP contribution in [-0.4, -0.2) is 83.1 Å². The van der Waals surface area contributed by atoms with Crippen LogP contribution in [0.15, 0.2) is 24.3 Å². The number of rotatable bonds is 2. The van der Waals surface area contributed by atoms with Crippen LogP contribution < -0.4 is 9.47 Å². The van der Waals surface area contributed by atoms with Gasteiger partial charge in [-0.05, 0) is 24.3 Å². The Bertz CT molecular complexity index is 1390. The van der Waals surface area contributed by atoms with Gasteiger partial charge in [-0.2, -0.15) is 52.7 Å². The molecule has 2 aromatic carbocycles. The zero-order valence-corrected chi connectivity index (χ0v) is 21.9. The molecule has 0 aromatic heterocycles. The molecule has 256 valence electrons. The molecule has 22 heteroatoms. The molecule has 0 saturated carbocycles. The lowest BCUT2D eigenvalue weighted by molar-refractivity contribution is -0.377. The molecule has 10 nitrogen and oxygen atoms in total. The summed E-state index contributed by atoms with van der Waals surface area (Å²) in [6.07, 6.45) is -23.8. The average Bonchev–Trinajstić information content (AvgIpc) is 2.90. The normalized spacial score (nSPS) is 22.0. The predicted molar refractivity (Wildman–Crippen MR) is 120 cm³/mol. The molecule has 4 bridgehead atoms. The van der Waals surface area contributed by atoms with E-state index in [1.54, 1.807) is 0 Å². The van der Waals surface area contributed by atoms with Gasteiger partial charge < -0.3 is 39.4 Å². The number of ether oxygens (including phenoxy) is 4. The number of phenolic OH excluding ortho intramolecular Hbond substituents is 2. The predicted octanol–water partition coefficient (Wildman–Crippen LogP) is 4.51. The van der Waals surface area contributed by atoms with Crippen LogP contribution in [0.3, 0.4) is 0 Å². The van der Waals surface area contributed by atoms with Gasteiger partial charge in [0.2, 0.25) is 0 Å². The lowest BCUT2D eigenvalue weighted by Gasteiger charge is -2.33. The highest BCUT2D eigenvalue weighted by Crippen LogP contribution is 2.48. The number of carbonyl (C=O) groups excluding carboxylic acids is 2. The molecule has 2 unspecified atom stereocenters. The van der Waals surface area contributed by atoms with E-state index >= 15 is 0 Å². The van der Waals surface area contributed by atoms with E-state index in [1.807, 2.05) is 0 Å². The van der Waals surface area contributed by atoms with Crippen molar-refractivity contribution in [3.63, 3.8) is 0 Å². The third kappa shape index (κ3) is 6.88. The number of hydrogen-bond donors (Lipinski definition) is 4. The first kappa shape index (κ1) is 36.4. The zero-order chi connectivity index (χ0) is 35.3. The van der Waals surface area contributed by atoms with Gasteiger partial charge in [0, 0.05) is 0 Å². The quantitative estimate of drug-likeness (QED) is 0.262. The van der Waals surface area contributed by atoms with Crippen molar-refractivity contribution >= 4 is 11.6 Å². The molecular weight excluding hydrogens is 676 g/mol. The fourth-order valence-corrected chi connectivity index (χ4v) is 3.87. The molecule has 0 aliphatic carbocycles. The van der Waals surface area contributed by atoms with E-state index < -0.39 is 120 Å². The number of benzene rings is 2. The van der Waals surface area contributed by atoms with Crippen molar-refractivity contribution < 1.29 is 102 Å². The smallest absolute Gasteiger partial charge is 0.455 e. The fraction of sp³-hybridized carbons (Fsp3) is 0.417. The summed E-state index contributed by atoms with van der Waals surface area (Å²) in [5, 5.41) is 41.3. The maximum atomic E-state index is 14.0. The van der Waals surface area contributed by atoms with Gasteiger partial charge in [0.05, 0.1) is 35.5 Å². The maximum Gasteiger partial charge on any atom is 0.455 e. The van der Waals surface area contributed by atoms with Crippen molar-refractivity contribution in [2.45, 2.75) is 36.3 Å². The Morgan fingerprint density at radius 3 is 1.13 bits per heavy atom. The molecule has 4 N–H and O–H groups in total. The van der Waals surface area contributed by atoms with Gasteiger partial charge in [0.1, 0.15) is 36.2 Å². The largest absolute Gasteiger partial charge is 0.507 e. The Morgan fingerprint density at radius 2 is 0.870 bits per heavy atom. The van der Waals surface area contributed by atoms with Crippen LogP contribution in [0.5, 0.6) is 23.0 Å². The lowest BCUT2D eigenvalue weighted by Crippen LogP contribution is -2.46. The topological polar surface area (TPSA) is 152 Å². The second-order valence-corrected chi connectivity index (χ2v) is 9.07. The van der Waals surface area contributed by atoms with Crippen LogP contribution >= 0.6 is 0 Å². The minimum atomic E-state index is -6.04. The molecular formula is C24H16F12O10. The van der Waals surface area contributed by atoms with E-state index in [-0.39, 0.29) is 24.3 Å². The van der Waals surface area contributed by atoms with Crippen LogP contribution in [-0.2, 0) is 21.0 Å². The average molecular weight is 692 g/mol. The van der Waals surface area contributed by atoms with E-state index in [1.165, 1.54) is 0 Å². The van der Waals surface area contributed by atoms with Gasteiger partial charge in [0.15, 0.2) is 0 Å². The van der Waals surface area contributed by atoms with Gasteiger partial charge in [-0.15, -0.1) is 0 Å². The van der Waals surface area contributed by atoms with Crippen LogP contribution in [0.4, 0.5) is 52.7 Å². The minimum Gasteiger partial charge on any atom is -0.507 e. The number of ketones is 2. The molecule has 1 aliphatic rings. The lowest BCUT2D eigenvalue weighted by atomic mass is 9.97. The van der Waals surface area contributed by atoms with Crippen molar-refractivity contribution in [2.75, 3.05) is 26.4 Å². The van der Waals surface area contributed by atoms with Crippen LogP contribution in [0, 0.1) is 0 Å². The van der Waals surface area contributed by atoms with E-state index in [0.717, 1.165) is 0 Å². The van der Waals surface area contributed by atoms with Crippen molar-refractivity contribution in [3.05, 3.63) is 46.5 Å². The maximum absolute atomic E-state index is 14.0. The Morgan fingerprint density at radius 1 is 0.565 bits per heavy atom. The van der Waals surface area contributed by atoms with Crippen molar-refractivity contribution in [1.29, 1.82) is 0 Å². The number of alkyl halides is 12. The van der Waals surface area contributed by atoms with E-state index in [4.69, 9.17) is 9.47 Å². The Kier molecular flexibility index (Phi) is 9.48. The molecule has 0 fully saturated rings. The van der Waals surface area contributed by atoms with Gasteiger partial charge >= 0.3 is 24.7 Å². The summed E-state index contributed by atoms with van der Waals surface area (Å²) in [7, 11) is 0. The fourth-order valence-electron chi connectivity index (χ4n) is 3.87. The molecule has 2 atom stereocenters. The second-order valence-electron chi connectivity index (χ2n) is 9.07. The zero-order valence-electron chi connectivity index (χ0n) is 21.9. The first-order valence-electron chi connectivity index (χ1n) is 11.9. The number of aromatic hydroxyl groups is 2. The molecule has 1 aliphatic heterocycles. The van der Waals surface area contributed by atoms with Gasteiger partial charge in [-0.1, -0.05) is 0 Å². The SMILES string of the molecule is O=C(c1cc2cc(c1O)C(O)(C(F)(F)F)OCCOc1cc(C(=O)C(F)(F)F)c(O)c(c1)C(O)(C(F)(F)F)OCCO2)C(F)(F)F. The third-order valence-electron chi connectivity index (χ3n) is 6.00. The van der Waals surface area contributed by atoms with Crippen molar-refractivity contribution in [2.24, 2.45) is 0 Å². The highest BCUT2D eigenvalue weighted by atomic mass is 19.4. The number of carbonyl (C=O) groups is 2. The summed E-state index contributed by atoms with van der Waals surface area (Å²) in [6.45, 7) is -5.92. The standard InChI is InChI=1S/C24H16F12O10/c25-21(26,27)17(39)11-5-9-7-13(15(11)37)20(42,24(34,35)36)46-4-2-44-10-6-12(18(40)22(28,29)30)16(38)14(8-10)19(41,23(31,32)33)45-3-1-43-9/h5-8,37-38,41-42H,1-4H2. The van der Waals surface area contributed by atoms with E-state index in [0.29, 0.717) is 0 Å². The summed E-state index contributed by atoms with van der Waals surface area (Å²) in [4.78, 5) is 23.7. The summed E-state index contributed by atoms with van der Waals surface area (Å²) in [6, 6.07) is -0.0278. The highest BCUT2D eigenvalue weighted by molar-refractivity contribution is 6.04. The molecule has 0 amide bonds. The van der Waals surface area contributed by atoms with Crippen LogP contribution in [0.1, 0.15) is 31.8 Å². The first-order chi connectivity index (χ1) is 20.8. The molecule has 3 rings (SSSR count). The van der Waals surface area contributed by atoms with Crippen LogP contribution in [0.25, 0.3) is 0 Å². The van der Waals surface area contributed by atoms with Crippen molar-refractivity contribution in [3.8, 4) is 23.0 Å². The molecule has 2 aromatic rings. The van der Waals surface area contributed by atoms with Crippen LogP contribution in [0.2, 0.25) is 0 Å². The summed E-state index contributed by atoms with van der Waals surface area (Å²) in [5.41, 5.74) is -7.87. The monoisotopic (exact) mass is 692 g/mol. The number of hydrogen-bond acceptors (Lipinski definition) is 10. The Labute approximate surface area is 246 Å². The molecule has 1 heterocycles. The number of halogens is 12. The Hall–Kier alpha value is -4.02. The van der Waals surface area contributed by atoms with Gasteiger partial charge in [0.25, 0.3) is 23.1 Å². The third-order valence-corrected chi connectivity index (χ3v) is 6.00. The summed E-state index contributed by atoms with van der Waals surface area (Å²) >= 11 is 0. The van der Waals surface area contributed by atoms with E-state index in [2.05, 4.69) is 9.47 Å². The number of Topliss-reactive ketones (excluding diaryl/α,β-unsaturated/α-hetero) is 2. The van der Waals surface area contributed by atoms with Gasteiger partial charge in [-0.25, -0.2) is 0 Å². The minimum absolute atomic E-state index is 0.00202.